The molecule has 1 N–H and O–H groups in total. The SMILES string of the molecule is CCn1nc(C(=O)NCC2CCC(S(C)(=O)=O)CC2)c(Cl)c1-c1ccc(OC2CCC(F)(F)CC2)cc1OC. The molecule has 2 aliphatic rings. The molecular formula is C27H36ClF2N3O5S. The molecule has 0 unspecified atom stereocenters. The first-order chi connectivity index (χ1) is 18.4. The predicted octanol–water partition coefficient (Wildman–Crippen LogP) is 5.52. The molecule has 1 aromatic carbocycles. The van der Waals surface area contributed by atoms with Crippen molar-refractivity contribution in [2.75, 3.05) is 19.9 Å². The van der Waals surface area contributed by atoms with Gasteiger partial charge in [-0.3, -0.25) is 9.48 Å². The number of carbonyl (C=O) groups excluding carboxylic acids is 1. The van der Waals surface area contributed by atoms with Gasteiger partial charge in [0, 0.05) is 43.8 Å². The summed E-state index contributed by atoms with van der Waals surface area (Å²) in [6.07, 6.45) is 3.83. The number of aryl methyl sites for hydroxylation is 1. The third kappa shape index (κ3) is 7.03. The van der Waals surface area contributed by atoms with Gasteiger partial charge < -0.3 is 14.8 Å². The Morgan fingerprint density at radius 2 is 1.85 bits per heavy atom. The highest BCUT2D eigenvalue weighted by molar-refractivity contribution is 7.91. The number of nitrogens with one attached hydrogen (secondary N) is 1. The first kappa shape index (κ1) is 29.6. The highest BCUT2D eigenvalue weighted by Crippen LogP contribution is 2.40. The van der Waals surface area contributed by atoms with Gasteiger partial charge in [-0.1, -0.05) is 11.6 Å². The standard InChI is InChI=1S/C27H36ClF2N3O5S/c1-4-33-25(21-10-7-19(15-22(21)37-2)38-18-11-13-27(29,30)14-12-18)23(28)24(32-33)26(34)31-16-17-5-8-20(9-6-17)39(3,35)36/h7,10,15,17-18,20H,4-6,8-9,11-14,16H2,1-3H3,(H,31,34). The van der Waals surface area contributed by atoms with E-state index in [9.17, 15) is 22.0 Å². The monoisotopic (exact) mass is 587 g/mol. The Morgan fingerprint density at radius 3 is 2.44 bits per heavy atom. The van der Waals surface area contributed by atoms with E-state index in [1.807, 2.05) is 6.92 Å². The molecule has 1 heterocycles. The van der Waals surface area contributed by atoms with E-state index in [2.05, 4.69) is 10.4 Å². The number of nitrogens with zero attached hydrogens (tertiary/aromatic N) is 2. The van der Waals surface area contributed by atoms with Crippen molar-refractivity contribution in [1.82, 2.24) is 15.1 Å². The van der Waals surface area contributed by atoms with Crippen molar-refractivity contribution in [3.63, 3.8) is 0 Å². The molecular weight excluding hydrogens is 552 g/mol. The number of aromatic nitrogens is 2. The van der Waals surface area contributed by atoms with Gasteiger partial charge in [-0.15, -0.1) is 0 Å². The van der Waals surface area contributed by atoms with Crippen molar-refractivity contribution in [3.05, 3.63) is 28.9 Å². The number of benzene rings is 1. The number of amides is 1. The zero-order valence-electron chi connectivity index (χ0n) is 22.5. The van der Waals surface area contributed by atoms with Gasteiger partial charge in [-0.05, 0) is 63.5 Å². The largest absolute Gasteiger partial charge is 0.496 e. The Labute approximate surface area is 233 Å². The van der Waals surface area contributed by atoms with Gasteiger partial charge in [-0.2, -0.15) is 5.10 Å². The van der Waals surface area contributed by atoms with Crippen molar-refractivity contribution in [2.45, 2.75) is 82.1 Å². The Kier molecular flexibility index (Phi) is 9.10. The molecule has 12 heteroatoms. The summed E-state index contributed by atoms with van der Waals surface area (Å²) in [7, 11) is -1.53. The first-order valence-corrected chi connectivity index (χ1v) is 15.7. The molecule has 2 aromatic rings. The Morgan fingerprint density at radius 1 is 1.18 bits per heavy atom. The lowest BCUT2D eigenvalue weighted by molar-refractivity contribution is -0.0582. The fourth-order valence-electron chi connectivity index (χ4n) is 5.42. The average molecular weight is 588 g/mol. The summed E-state index contributed by atoms with van der Waals surface area (Å²) in [4.78, 5) is 13.0. The number of sulfone groups is 1. The van der Waals surface area contributed by atoms with Crippen LogP contribution < -0.4 is 14.8 Å². The number of hydrogen-bond donors (Lipinski definition) is 1. The van der Waals surface area contributed by atoms with E-state index >= 15 is 0 Å². The Bertz CT molecular complexity index is 1280. The lowest BCUT2D eigenvalue weighted by Crippen LogP contribution is -2.34. The van der Waals surface area contributed by atoms with E-state index in [4.69, 9.17) is 21.1 Å². The van der Waals surface area contributed by atoms with Gasteiger partial charge in [-0.25, -0.2) is 17.2 Å². The highest BCUT2D eigenvalue weighted by atomic mass is 35.5. The molecule has 2 aliphatic carbocycles. The molecule has 1 amide bonds. The Balaban J connectivity index is 1.46. The quantitative estimate of drug-likeness (QED) is 0.415. The van der Waals surface area contributed by atoms with E-state index in [0.717, 1.165) is 12.8 Å². The number of ether oxygens (including phenoxy) is 2. The fourth-order valence-corrected chi connectivity index (χ4v) is 6.87. The minimum atomic E-state index is -3.04. The topological polar surface area (TPSA) is 99.5 Å². The minimum Gasteiger partial charge on any atom is -0.496 e. The zero-order chi connectivity index (χ0) is 28.4. The molecule has 0 aliphatic heterocycles. The van der Waals surface area contributed by atoms with Crippen molar-refractivity contribution in [1.29, 1.82) is 0 Å². The molecule has 4 rings (SSSR count). The second-order valence-electron chi connectivity index (χ2n) is 10.5. The second-order valence-corrected chi connectivity index (χ2v) is 13.2. The molecule has 0 radical (unpaired) electrons. The smallest absolute Gasteiger partial charge is 0.273 e. The summed E-state index contributed by atoms with van der Waals surface area (Å²) < 4.78 is 63.8. The van der Waals surface area contributed by atoms with Crippen molar-refractivity contribution >= 4 is 27.3 Å². The zero-order valence-corrected chi connectivity index (χ0v) is 24.1. The maximum atomic E-state index is 13.5. The molecule has 2 saturated carbocycles. The average Bonchev–Trinajstić information content (AvgIpc) is 3.24. The van der Waals surface area contributed by atoms with Gasteiger partial charge in [0.25, 0.3) is 5.91 Å². The maximum absolute atomic E-state index is 13.5. The normalized spacial score (nSPS) is 21.9. The van der Waals surface area contributed by atoms with Gasteiger partial charge in [0.2, 0.25) is 5.92 Å². The van der Waals surface area contributed by atoms with Crippen LogP contribution in [0.2, 0.25) is 5.02 Å². The van der Waals surface area contributed by atoms with Crippen LogP contribution in [0, 0.1) is 5.92 Å². The number of carbonyl (C=O) groups is 1. The molecule has 0 atom stereocenters. The summed E-state index contributed by atoms with van der Waals surface area (Å²) in [6.45, 7) is 2.76. The van der Waals surface area contributed by atoms with Crippen LogP contribution in [-0.2, 0) is 16.4 Å². The number of methoxy groups -OCH3 is 1. The van der Waals surface area contributed by atoms with Crippen LogP contribution in [0.3, 0.4) is 0 Å². The van der Waals surface area contributed by atoms with Crippen LogP contribution >= 0.6 is 11.6 Å². The third-order valence-electron chi connectivity index (χ3n) is 7.75. The molecule has 2 fully saturated rings. The molecule has 1 aromatic heterocycles. The molecule has 0 saturated heterocycles. The third-order valence-corrected chi connectivity index (χ3v) is 9.80. The van der Waals surface area contributed by atoms with Gasteiger partial charge in [0.15, 0.2) is 5.69 Å². The van der Waals surface area contributed by atoms with E-state index in [1.165, 1.54) is 13.4 Å². The molecule has 0 spiro atoms. The van der Waals surface area contributed by atoms with Crippen LogP contribution in [0.15, 0.2) is 18.2 Å². The first-order valence-electron chi connectivity index (χ1n) is 13.4. The van der Waals surface area contributed by atoms with Crippen LogP contribution in [-0.4, -0.2) is 61.3 Å². The summed E-state index contributed by atoms with van der Waals surface area (Å²) in [5.74, 6) is -1.86. The number of rotatable bonds is 9. The van der Waals surface area contributed by atoms with E-state index in [0.29, 0.717) is 48.7 Å². The van der Waals surface area contributed by atoms with Crippen molar-refractivity contribution < 1.29 is 31.5 Å². The fraction of sp³-hybridized carbons (Fsp3) is 0.630. The minimum absolute atomic E-state index is 0.101. The number of halogens is 3. The molecule has 216 valence electrons. The van der Waals surface area contributed by atoms with Crippen LogP contribution in [0.25, 0.3) is 11.3 Å². The number of alkyl halides is 2. The van der Waals surface area contributed by atoms with E-state index in [-0.39, 0.29) is 53.7 Å². The maximum Gasteiger partial charge on any atom is 0.273 e. The Hall–Kier alpha value is -2.40. The predicted molar refractivity (Wildman–Crippen MR) is 146 cm³/mol. The summed E-state index contributed by atoms with van der Waals surface area (Å²) in [5, 5.41) is 7.25. The lowest BCUT2D eigenvalue weighted by Gasteiger charge is -2.28. The van der Waals surface area contributed by atoms with Gasteiger partial charge >= 0.3 is 0 Å². The summed E-state index contributed by atoms with van der Waals surface area (Å²) in [5.41, 5.74) is 1.25. The number of hydrogen-bond acceptors (Lipinski definition) is 6. The molecule has 0 bridgehead atoms. The second kappa shape index (κ2) is 12.0. The van der Waals surface area contributed by atoms with E-state index < -0.39 is 21.7 Å². The van der Waals surface area contributed by atoms with Crippen molar-refractivity contribution in [3.8, 4) is 22.8 Å². The lowest BCUT2D eigenvalue weighted by atomic mass is 9.89. The van der Waals surface area contributed by atoms with Crippen LogP contribution in [0.1, 0.15) is 68.8 Å². The highest BCUT2D eigenvalue weighted by Gasteiger charge is 2.36. The summed E-state index contributed by atoms with van der Waals surface area (Å²) in [6, 6.07) is 5.20. The van der Waals surface area contributed by atoms with Gasteiger partial charge in [0.05, 0.1) is 29.2 Å². The van der Waals surface area contributed by atoms with Crippen molar-refractivity contribution in [2.24, 2.45) is 5.92 Å². The summed E-state index contributed by atoms with van der Waals surface area (Å²) >= 11 is 6.71. The molecule has 8 nitrogen and oxygen atoms in total. The van der Waals surface area contributed by atoms with E-state index in [1.54, 1.807) is 22.9 Å². The molecule has 39 heavy (non-hydrogen) atoms. The van der Waals surface area contributed by atoms with Crippen LogP contribution in [0.4, 0.5) is 8.78 Å². The van der Waals surface area contributed by atoms with Gasteiger partial charge in [0.1, 0.15) is 21.3 Å². The van der Waals surface area contributed by atoms with Crippen LogP contribution in [0.5, 0.6) is 11.5 Å².